The molecule has 0 unspecified atom stereocenters. The number of aromatic nitrogens is 2. The molecule has 152 valence electrons. The van der Waals surface area contributed by atoms with E-state index in [0.29, 0.717) is 22.6 Å². The summed E-state index contributed by atoms with van der Waals surface area (Å²) in [5, 5.41) is 4.82. The smallest absolute Gasteiger partial charge is 0.249 e. The van der Waals surface area contributed by atoms with Gasteiger partial charge in [0, 0.05) is 17.1 Å². The van der Waals surface area contributed by atoms with Gasteiger partial charge in [-0.15, -0.1) is 0 Å². The van der Waals surface area contributed by atoms with Crippen molar-refractivity contribution >= 4 is 17.5 Å². The summed E-state index contributed by atoms with van der Waals surface area (Å²) in [6.45, 7) is 0.806. The normalized spacial score (nSPS) is 35.4. The predicted molar refractivity (Wildman–Crippen MR) is 109 cm³/mol. The van der Waals surface area contributed by atoms with Gasteiger partial charge in [-0.25, -0.2) is 0 Å². The maximum atomic E-state index is 13.8. The van der Waals surface area contributed by atoms with Crippen molar-refractivity contribution in [1.29, 1.82) is 0 Å². The number of rotatable bonds is 3. The maximum absolute atomic E-state index is 13.8. The van der Waals surface area contributed by atoms with Gasteiger partial charge in [-0.2, -0.15) is 4.98 Å². The Morgan fingerprint density at radius 2 is 1.86 bits per heavy atom. The number of hydrogen-bond donors (Lipinski definition) is 0. The van der Waals surface area contributed by atoms with E-state index in [4.69, 9.17) is 16.1 Å². The molecule has 1 aromatic heterocycles. The fraction of sp³-hybridized carbons (Fsp3) is 0.609. The Labute approximate surface area is 175 Å². The van der Waals surface area contributed by atoms with Crippen LogP contribution < -0.4 is 0 Å². The van der Waals surface area contributed by atoms with Crippen LogP contribution in [0.2, 0.25) is 5.02 Å². The van der Waals surface area contributed by atoms with Crippen LogP contribution in [0.5, 0.6) is 0 Å². The Balaban J connectivity index is 1.27. The van der Waals surface area contributed by atoms with Crippen LogP contribution in [-0.4, -0.2) is 27.5 Å². The van der Waals surface area contributed by atoms with Crippen molar-refractivity contribution in [2.24, 2.45) is 23.2 Å². The summed E-state index contributed by atoms with van der Waals surface area (Å²) >= 11 is 6.10. The van der Waals surface area contributed by atoms with Crippen LogP contribution in [0.25, 0.3) is 11.4 Å². The van der Waals surface area contributed by atoms with E-state index in [1.807, 2.05) is 24.3 Å². The number of likely N-dealkylation sites (tertiary alicyclic amines) is 1. The van der Waals surface area contributed by atoms with Gasteiger partial charge in [0.1, 0.15) is 6.04 Å². The molecule has 6 heteroatoms. The molecule has 4 saturated carbocycles. The molecule has 7 rings (SSSR count). The van der Waals surface area contributed by atoms with Crippen molar-refractivity contribution in [2.75, 3.05) is 6.54 Å². The van der Waals surface area contributed by atoms with Crippen molar-refractivity contribution in [2.45, 2.75) is 57.4 Å². The third-order valence-electron chi connectivity index (χ3n) is 7.82. The fourth-order valence-electron chi connectivity index (χ4n) is 7.06. The lowest BCUT2D eigenvalue weighted by Crippen LogP contribution is -2.54. The SMILES string of the molecule is O=C(N1CCC[C@@H]1c1nc(-c2cccc(Cl)c2)no1)C12CC3CC(CC(C3)C1)C2. The third kappa shape index (κ3) is 2.92. The van der Waals surface area contributed by atoms with Crippen LogP contribution in [0, 0.1) is 23.2 Å². The Kier molecular flexibility index (Phi) is 4.06. The molecule has 0 radical (unpaired) electrons. The van der Waals surface area contributed by atoms with E-state index in [-0.39, 0.29) is 11.5 Å². The van der Waals surface area contributed by atoms with E-state index >= 15 is 0 Å². The first-order valence-corrected chi connectivity index (χ1v) is 11.4. The molecule has 1 aromatic carbocycles. The zero-order valence-electron chi connectivity index (χ0n) is 16.5. The fourth-order valence-corrected chi connectivity index (χ4v) is 7.25. The second-order valence-electron chi connectivity index (χ2n) is 9.82. The van der Waals surface area contributed by atoms with Crippen LogP contribution in [0.1, 0.15) is 63.3 Å². The molecular weight excluding hydrogens is 386 g/mol. The molecule has 2 heterocycles. The van der Waals surface area contributed by atoms with E-state index in [9.17, 15) is 4.79 Å². The first-order chi connectivity index (χ1) is 14.1. The molecule has 4 bridgehead atoms. The molecule has 0 spiro atoms. The second-order valence-corrected chi connectivity index (χ2v) is 10.3. The van der Waals surface area contributed by atoms with Gasteiger partial charge in [0.25, 0.3) is 0 Å². The minimum Gasteiger partial charge on any atom is -0.337 e. The van der Waals surface area contributed by atoms with Gasteiger partial charge in [0.15, 0.2) is 0 Å². The molecule has 29 heavy (non-hydrogen) atoms. The van der Waals surface area contributed by atoms with Gasteiger partial charge in [-0.3, -0.25) is 4.79 Å². The summed E-state index contributed by atoms with van der Waals surface area (Å²) < 4.78 is 5.64. The first-order valence-electron chi connectivity index (χ1n) is 11.0. The molecule has 2 aromatic rings. The molecule has 1 atom stereocenters. The van der Waals surface area contributed by atoms with Crippen LogP contribution in [-0.2, 0) is 4.79 Å². The number of carbonyl (C=O) groups excluding carboxylic acids is 1. The van der Waals surface area contributed by atoms with E-state index < -0.39 is 0 Å². The Bertz CT molecular complexity index is 920. The minimum atomic E-state index is -0.118. The highest BCUT2D eigenvalue weighted by Crippen LogP contribution is 2.61. The molecule has 5 aliphatic rings. The van der Waals surface area contributed by atoms with Gasteiger partial charge in [-0.05, 0) is 81.3 Å². The summed E-state index contributed by atoms with van der Waals surface area (Å²) in [5.41, 5.74) is 0.720. The van der Waals surface area contributed by atoms with Crippen molar-refractivity contribution in [3.05, 3.63) is 35.2 Å². The topological polar surface area (TPSA) is 59.2 Å². The Morgan fingerprint density at radius 3 is 2.55 bits per heavy atom. The number of halogens is 1. The molecule has 1 amide bonds. The van der Waals surface area contributed by atoms with Gasteiger partial charge in [0.05, 0.1) is 5.41 Å². The monoisotopic (exact) mass is 411 g/mol. The lowest BCUT2D eigenvalue weighted by Gasteiger charge is -2.56. The summed E-state index contributed by atoms with van der Waals surface area (Å²) in [6.07, 6.45) is 9.23. The van der Waals surface area contributed by atoms with Crippen molar-refractivity contribution < 1.29 is 9.32 Å². The highest BCUT2D eigenvalue weighted by Gasteiger charge is 2.56. The first kappa shape index (κ1) is 17.9. The maximum Gasteiger partial charge on any atom is 0.249 e. The van der Waals surface area contributed by atoms with E-state index in [0.717, 1.165) is 62.0 Å². The summed E-state index contributed by atoms with van der Waals surface area (Å²) in [6, 6.07) is 7.38. The second kappa shape index (κ2) is 6.56. The standard InChI is InChI=1S/C23H26ClN3O2/c24-18-4-1-3-17(10-18)20-25-21(29-26-20)19-5-2-6-27(19)22(28)23-11-14-7-15(12-23)9-16(8-14)13-23/h1,3-4,10,14-16,19H,2,5-9,11-13H2/t14?,15?,16?,19-,23?/m1/s1. The lowest BCUT2D eigenvalue weighted by atomic mass is 9.49. The molecule has 1 saturated heterocycles. The average molecular weight is 412 g/mol. The number of carbonyl (C=O) groups is 1. The average Bonchev–Trinajstić information content (AvgIpc) is 3.36. The van der Waals surface area contributed by atoms with E-state index in [2.05, 4.69) is 15.0 Å². The van der Waals surface area contributed by atoms with Gasteiger partial charge >= 0.3 is 0 Å². The van der Waals surface area contributed by atoms with Crippen LogP contribution in [0.15, 0.2) is 28.8 Å². The Hall–Kier alpha value is -1.88. The number of hydrogen-bond acceptors (Lipinski definition) is 4. The quantitative estimate of drug-likeness (QED) is 0.690. The van der Waals surface area contributed by atoms with Gasteiger partial charge in [-0.1, -0.05) is 28.9 Å². The van der Waals surface area contributed by atoms with Gasteiger partial charge < -0.3 is 9.42 Å². The Morgan fingerprint density at radius 1 is 1.14 bits per heavy atom. The minimum absolute atomic E-state index is 0.0871. The highest BCUT2D eigenvalue weighted by molar-refractivity contribution is 6.30. The predicted octanol–water partition coefficient (Wildman–Crippen LogP) is 5.27. The van der Waals surface area contributed by atoms with Crippen molar-refractivity contribution in [3.8, 4) is 11.4 Å². The number of nitrogens with zero attached hydrogens (tertiary/aromatic N) is 3. The van der Waals surface area contributed by atoms with Crippen LogP contribution in [0.3, 0.4) is 0 Å². The molecule has 0 N–H and O–H groups in total. The van der Waals surface area contributed by atoms with Crippen LogP contribution in [0.4, 0.5) is 0 Å². The van der Waals surface area contributed by atoms with E-state index in [1.165, 1.54) is 19.3 Å². The summed E-state index contributed by atoms with van der Waals surface area (Å²) in [7, 11) is 0. The summed E-state index contributed by atoms with van der Waals surface area (Å²) in [4.78, 5) is 20.5. The largest absolute Gasteiger partial charge is 0.337 e. The zero-order valence-corrected chi connectivity index (χ0v) is 17.3. The van der Waals surface area contributed by atoms with Crippen molar-refractivity contribution in [1.82, 2.24) is 15.0 Å². The number of benzene rings is 1. The zero-order chi connectivity index (χ0) is 19.6. The molecule has 1 aliphatic heterocycles. The molecular formula is C23H26ClN3O2. The molecule has 5 nitrogen and oxygen atoms in total. The van der Waals surface area contributed by atoms with Crippen molar-refractivity contribution in [3.63, 3.8) is 0 Å². The summed E-state index contributed by atoms with van der Waals surface area (Å²) in [5.74, 6) is 3.77. The van der Waals surface area contributed by atoms with Gasteiger partial charge in [0.2, 0.25) is 17.6 Å². The number of amides is 1. The van der Waals surface area contributed by atoms with Crippen LogP contribution >= 0.6 is 11.6 Å². The third-order valence-corrected chi connectivity index (χ3v) is 8.05. The molecule has 5 fully saturated rings. The highest BCUT2D eigenvalue weighted by atomic mass is 35.5. The van der Waals surface area contributed by atoms with E-state index in [1.54, 1.807) is 0 Å². The lowest BCUT2D eigenvalue weighted by molar-refractivity contribution is -0.159. The molecule has 4 aliphatic carbocycles.